The summed E-state index contributed by atoms with van der Waals surface area (Å²) in [6.45, 7) is 3.10. The van der Waals surface area contributed by atoms with Crippen LogP contribution in [0, 0.1) is 6.92 Å². The molecule has 2 aromatic carbocycles. The third-order valence-electron chi connectivity index (χ3n) is 2.88. The largest absolute Gasteiger partial charge is 0.426 e. The zero-order chi connectivity index (χ0) is 16.1. The van der Waals surface area contributed by atoms with Crippen LogP contribution in [0.5, 0.6) is 5.75 Å². The van der Waals surface area contributed by atoms with E-state index in [9.17, 15) is 14.4 Å². The monoisotopic (exact) mass is 297 g/mol. The quantitative estimate of drug-likeness (QED) is 0.535. The second kappa shape index (κ2) is 6.67. The molecule has 22 heavy (non-hydrogen) atoms. The number of carbonyl (C=O) groups excluding carboxylic acids is 3. The highest BCUT2D eigenvalue weighted by Crippen LogP contribution is 2.21. The molecule has 0 fully saturated rings. The van der Waals surface area contributed by atoms with Crippen LogP contribution in [0.4, 0.5) is 5.69 Å². The first-order valence-corrected chi connectivity index (χ1v) is 6.65. The van der Waals surface area contributed by atoms with E-state index in [1.165, 1.54) is 6.92 Å². The highest BCUT2D eigenvalue weighted by atomic mass is 16.5. The lowest BCUT2D eigenvalue weighted by Crippen LogP contribution is -2.15. The maximum Gasteiger partial charge on any atom is 0.308 e. The molecule has 0 atom stereocenters. The van der Waals surface area contributed by atoms with Gasteiger partial charge in [0.05, 0.1) is 5.56 Å². The number of para-hydroxylation sites is 1. The fourth-order valence-electron chi connectivity index (χ4n) is 2.05. The van der Waals surface area contributed by atoms with Crippen molar-refractivity contribution in [3.05, 3.63) is 59.2 Å². The summed E-state index contributed by atoms with van der Waals surface area (Å²) in [5.41, 5.74) is 2.08. The van der Waals surface area contributed by atoms with Gasteiger partial charge < -0.3 is 10.1 Å². The summed E-state index contributed by atoms with van der Waals surface area (Å²) in [6, 6.07) is 11.5. The van der Waals surface area contributed by atoms with E-state index in [1.54, 1.807) is 42.5 Å². The van der Waals surface area contributed by atoms with Crippen molar-refractivity contribution < 1.29 is 19.1 Å². The molecule has 1 amide bonds. The second-order valence-electron chi connectivity index (χ2n) is 4.79. The molecule has 5 nitrogen and oxygen atoms in total. The van der Waals surface area contributed by atoms with E-state index in [2.05, 4.69) is 5.32 Å². The predicted molar refractivity (Wildman–Crippen MR) is 82.3 cm³/mol. The summed E-state index contributed by atoms with van der Waals surface area (Å²) in [5, 5.41) is 2.70. The molecule has 5 heteroatoms. The van der Waals surface area contributed by atoms with Crippen molar-refractivity contribution in [2.24, 2.45) is 0 Å². The van der Waals surface area contributed by atoms with Gasteiger partial charge in [-0.1, -0.05) is 12.1 Å². The number of benzene rings is 2. The first kappa shape index (κ1) is 15.4. The molecule has 0 radical (unpaired) electrons. The van der Waals surface area contributed by atoms with E-state index in [1.807, 2.05) is 6.92 Å². The number of hydrogen-bond donors (Lipinski definition) is 1. The average Bonchev–Trinajstić information content (AvgIpc) is 2.46. The van der Waals surface area contributed by atoms with Gasteiger partial charge in [-0.15, -0.1) is 0 Å². The van der Waals surface area contributed by atoms with Crippen molar-refractivity contribution >= 4 is 23.9 Å². The Morgan fingerprint density at radius 2 is 1.86 bits per heavy atom. The van der Waals surface area contributed by atoms with Crippen LogP contribution in [-0.2, 0) is 4.79 Å². The maximum absolute atomic E-state index is 12.3. The van der Waals surface area contributed by atoms with Crippen molar-refractivity contribution in [3.63, 3.8) is 0 Å². The summed E-state index contributed by atoms with van der Waals surface area (Å²) >= 11 is 0. The average molecular weight is 297 g/mol. The fraction of sp³-hybridized carbons (Fsp3) is 0.118. The van der Waals surface area contributed by atoms with Gasteiger partial charge in [0.1, 0.15) is 12.0 Å². The van der Waals surface area contributed by atoms with E-state index >= 15 is 0 Å². The van der Waals surface area contributed by atoms with Crippen LogP contribution in [0.2, 0.25) is 0 Å². The summed E-state index contributed by atoms with van der Waals surface area (Å²) < 4.78 is 5.02. The minimum atomic E-state index is -0.501. The molecule has 2 rings (SSSR count). The Morgan fingerprint density at radius 1 is 1.14 bits per heavy atom. The number of carbonyl (C=O) groups is 3. The molecule has 0 aromatic heterocycles. The maximum atomic E-state index is 12.3. The predicted octanol–water partition coefficient (Wildman–Crippen LogP) is 2.99. The molecule has 0 aliphatic carbocycles. The SMILES string of the molecule is CC(=O)Oc1ccccc1C(=O)Nc1cc(C)cc(C=O)c1. The lowest BCUT2D eigenvalue weighted by molar-refractivity contribution is -0.131. The fourth-order valence-corrected chi connectivity index (χ4v) is 2.05. The highest BCUT2D eigenvalue weighted by molar-refractivity contribution is 6.06. The van der Waals surface area contributed by atoms with Gasteiger partial charge in [-0.25, -0.2) is 0 Å². The van der Waals surface area contributed by atoms with Crippen LogP contribution in [0.25, 0.3) is 0 Å². The standard InChI is InChI=1S/C17H15NO4/c1-11-7-13(10-19)9-14(8-11)18-17(21)15-5-3-4-6-16(15)22-12(2)20/h3-10H,1-2H3,(H,18,21). The highest BCUT2D eigenvalue weighted by Gasteiger charge is 2.14. The number of amides is 1. The number of anilines is 1. The number of rotatable bonds is 4. The van der Waals surface area contributed by atoms with E-state index < -0.39 is 11.9 Å². The molecule has 112 valence electrons. The van der Waals surface area contributed by atoms with Gasteiger partial charge in [0.2, 0.25) is 0 Å². The topological polar surface area (TPSA) is 72.5 Å². The normalized spacial score (nSPS) is 9.91. The molecule has 0 bridgehead atoms. The Labute approximate surface area is 127 Å². The summed E-state index contributed by atoms with van der Waals surface area (Å²) in [4.78, 5) is 34.3. The smallest absolute Gasteiger partial charge is 0.308 e. The van der Waals surface area contributed by atoms with Crippen LogP contribution in [0.1, 0.15) is 33.2 Å². The zero-order valence-corrected chi connectivity index (χ0v) is 12.3. The molecule has 0 aliphatic rings. The van der Waals surface area contributed by atoms with E-state index in [-0.39, 0.29) is 11.3 Å². The number of hydrogen-bond acceptors (Lipinski definition) is 4. The third kappa shape index (κ3) is 3.79. The zero-order valence-electron chi connectivity index (χ0n) is 12.3. The van der Waals surface area contributed by atoms with Crippen LogP contribution in [0.3, 0.4) is 0 Å². The molecular weight excluding hydrogens is 282 g/mol. The number of ether oxygens (including phenoxy) is 1. The van der Waals surface area contributed by atoms with E-state index in [4.69, 9.17) is 4.74 Å². The molecule has 1 N–H and O–H groups in total. The van der Waals surface area contributed by atoms with Crippen LogP contribution >= 0.6 is 0 Å². The lowest BCUT2D eigenvalue weighted by atomic mass is 10.1. The first-order valence-electron chi connectivity index (χ1n) is 6.65. The molecule has 0 spiro atoms. The van der Waals surface area contributed by atoms with Crippen LogP contribution < -0.4 is 10.1 Å². The van der Waals surface area contributed by atoms with E-state index in [0.29, 0.717) is 11.3 Å². The minimum absolute atomic E-state index is 0.191. The number of esters is 1. The Balaban J connectivity index is 2.28. The Kier molecular flexibility index (Phi) is 4.68. The van der Waals surface area contributed by atoms with Crippen LogP contribution in [-0.4, -0.2) is 18.2 Å². The van der Waals surface area contributed by atoms with E-state index in [0.717, 1.165) is 11.8 Å². The molecule has 0 aliphatic heterocycles. The van der Waals surface area contributed by atoms with Gasteiger partial charge in [-0.3, -0.25) is 14.4 Å². The van der Waals surface area contributed by atoms with Crippen molar-refractivity contribution in [3.8, 4) is 5.75 Å². The molecule has 0 saturated carbocycles. The molecule has 2 aromatic rings. The minimum Gasteiger partial charge on any atom is -0.426 e. The Hall–Kier alpha value is -2.95. The van der Waals surface area contributed by atoms with Gasteiger partial charge in [0.15, 0.2) is 0 Å². The third-order valence-corrected chi connectivity index (χ3v) is 2.88. The van der Waals surface area contributed by atoms with Crippen molar-refractivity contribution in [2.45, 2.75) is 13.8 Å². The molecule has 0 heterocycles. The molecule has 0 saturated heterocycles. The lowest BCUT2D eigenvalue weighted by Gasteiger charge is -2.10. The van der Waals surface area contributed by atoms with Crippen molar-refractivity contribution in [2.75, 3.05) is 5.32 Å². The summed E-state index contributed by atoms with van der Waals surface area (Å²) in [6.07, 6.45) is 0.718. The summed E-state index contributed by atoms with van der Waals surface area (Å²) in [7, 11) is 0. The molecular formula is C17H15NO4. The molecule has 0 unspecified atom stereocenters. The summed E-state index contributed by atoms with van der Waals surface area (Å²) in [5.74, 6) is -0.728. The van der Waals surface area contributed by atoms with Gasteiger partial charge in [-0.05, 0) is 42.8 Å². The van der Waals surface area contributed by atoms with Gasteiger partial charge >= 0.3 is 5.97 Å². The Bertz CT molecular complexity index is 737. The Morgan fingerprint density at radius 3 is 2.55 bits per heavy atom. The van der Waals surface area contributed by atoms with Crippen LogP contribution in [0.15, 0.2) is 42.5 Å². The van der Waals surface area contributed by atoms with Gasteiger partial charge in [0, 0.05) is 18.2 Å². The second-order valence-corrected chi connectivity index (χ2v) is 4.79. The van der Waals surface area contributed by atoms with Crippen molar-refractivity contribution in [1.82, 2.24) is 0 Å². The van der Waals surface area contributed by atoms with Gasteiger partial charge in [0.25, 0.3) is 5.91 Å². The number of nitrogens with one attached hydrogen (secondary N) is 1. The van der Waals surface area contributed by atoms with Gasteiger partial charge in [-0.2, -0.15) is 0 Å². The number of aldehydes is 1. The first-order chi connectivity index (χ1) is 10.5. The van der Waals surface area contributed by atoms with Crippen molar-refractivity contribution in [1.29, 1.82) is 0 Å². The number of aryl methyl sites for hydroxylation is 1.